The van der Waals surface area contributed by atoms with E-state index in [1.807, 2.05) is 7.05 Å². The van der Waals surface area contributed by atoms with Crippen molar-refractivity contribution in [1.82, 2.24) is 4.90 Å². The van der Waals surface area contributed by atoms with E-state index in [9.17, 15) is 4.79 Å². The summed E-state index contributed by atoms with van der Waals surface area (Å²) >= 11 is 0. The van der Waals surface area contributed by atoms with Gasteiger partial charge in [0.2, 0.25) is 0 Å². The number of likely N-dealkylation sites (N-methyl/N-ethyl adjacent to an activating group) is 1. The fourth-order valence-electron chi connectivity index (χ4n) is 2.11. The largest absolute Gasteiger partial charge is 0.469 e. The van der Waals surface area contributed by atoms with Crippen LogP contribution in [0.1, 0.15) is 13.3 Å². The van der Waals surface area contributed by atoms with E-state index in [0.29, 0.717) is 6.61 Å². The van der Waals surface area contributed by atoms with Crippen LogP contribution in [0.3, 0.4) is 0 Å². The summed E-state index contributed by atoms with van der Waals surface area (Å²) in [7, 11) is 5.14. The van der Waals surface area contributed by atoms with Crippen molar-refractivity contribution >= 4 is 5.97 Å². The first-order valence-electron chi connectivity index (χ1n) is 4.81. The van der Waals surface area contributed by atoms with Crippen molar-refractivity contribution < 1.29 is 14.3 Å². The van der Waals surface area contributed by atoms with Gasteiger partial charge < -0.3 is 9.47 Å². The van der Waals surface area contributed by atoms with Gasteiger partial charge in [0.05, 0.1) is 19.6 Å². The second-order valence-electron chi connectivity index (χ2n) is 4.23. The summed E-state index contributed by atoms with van der Waals surface area (Å²) in [5.74, 6) is -0.123. The Hall–Kier alpha value is -0.610. The first-order valence-corrected chi connectivity index (χ1v) is 4.81. The normalized spacial score (nSPS) is 33.3. The zero-order valence-corrected chi connectivity index (χ0v) is 9.37. The van der Waals surface area contributed by atoms with Crippen LogP contribution in [0.15, 0.2) is 0 Å². The Morgan fingerprint density at radius 1 is 1.57 bits per heavy atom. The van der Waals surface area contributed by atoms with Gasteiger partial charge in [0.15, 0.2) is 0 Å². The van der Waals surface area contributed by atoms with E-state index in [2.05, 4.69) is 11.8 Å². The molecule has 1 aliphatic heterocycles. The third-order valence-corrected chi connectivity index (χ3v) is 3.09. The van der Waals surface area contributed by atoms with E-state index in [1.165, 1.54) is 7.11 Å². The van der Waals surface area contributed by atoms with Gasteiger partial charge in [-0.1, -0.05) is 0 Å². The minimum atomic E-state index is -0.114. The van der Waals surface area contributed by atoms with Crippen LogP contribution >= 0.6 is 0 Å². The molecule has 1 aliphatic rings. The zero-order valence-electron chi connectivity index (χ0n) is 9.37. The molecule has 0 aliphatic carbocycles. The molecular weight excluding hydrogens is 182 g/mol. The van der Waals surface area contributed by atoms with E-state index in [-0.39, 0.29) is 17.4 Å². The van der Waals surface area contributed by atoms with Crippen molar-refractivity contribution in [2.24, 2.45) is 5.92 Å². The molecule has 1 heterocycles. The monoisotopic (exact) mass is 201 g/mol. The third kappa shape index (κ3) is 2.07. The lowest BCUT2D eigenvalue weighted by Gasteiger charge is -2.30. The number of rotatable bonds is 3. The summed E-state index contributed by atoms with van der Waals surface area (Å²) in [4.78, 5) is 13.5. The first kappa shape index (κ1) is 11.5. The quantitative estimate of drug-likeness (QED) is 0.624. The molecule has 0 amide bonds. The summed E-state index contributed by atoms with van der Waals surface area (Å²) in [6.45, 7) is 3.52. The molecule has 0 radical (unpaired) electrons. The lowest BCUT2D eigenvalue weighted by Crippen LogP contribution is -2.42. The predicted molar refractivity (Wildman–Crippen MR) is 53.0 cm³/mol. The Morgan fingerprint density at radius 3 is 2.71 bits per heavy atom. The summed E-state index contributed by atoms with van der Waals surface area (Å²) in [6, 6.07) is 0. The van der Waals surface area contributed by atoms with Crippen LogP contribution in [0, 0.1) is 5.92 Å². The van der Waals surface area contributed by atoms with E-state index >= 15 is 0 Å². The van der Waals surface area contributed by atoms with E-state index in [4.69, 9.17) is 9.47 Å². The number of likely N-dealkylation sites (tertiary alicyclic amines) is 1. The third-order valence-electron chi connectivity index (χ3n) is 3.09. The van der Waals surface area contributed by atoms with Gasteiger partial charge in [-0.05, 0) is 20.4 Å². The molecule has 4 heteroatoms. The lowest BCUT2D eigenvalue weighted by atomic mass is 9.95. The minimum absolute atomic E-state index is 0.00912. The number of carbonyl (C=O) groups excluding carboxylic acids is 1. The van der Waals surface area contributed by atoms with E-state index in [0.717, 1.165) is 13.0 Å². The summed E-state index contributed by atoms with van der Waals surface area (Å²) in [6.07, 6.45) is 0.810. The summed E-state index contributed by atoms with van der Waals surface area (Å²) in [5, 5.41) is 0. The number of esters is 1. The highest BCUT2D eigenvalue weighted by atomic mass is 16.5. The Balaban J connectivity index is 2.63. The Labute approximate surface area is 85.2 Å². The van der Waals surface area contributed by atoms with Crippen LogP contribution in [0.25, 0.3) is 0 Å². The van der Waals surface area contributed by atoms with Crippen molar-refractivity contribution in [3.05, 3.63) is 0 Å². The van der Waals surface area contributed by atoms with Crippen molar-refractivity contribution in [3.63, 3.8) is 0 Å². The fraction of sp³-hybridized carbons (Fsp3) is 0.900. The second-order valence-corrected chi connectivity index (χ2v) is 4.23. The molecule has 2 atom stereocenters. The SMILES string of the molecule is COC[C@]1(C)CC(C(=O)OC)CN1C. The van der Waals surface area contributed by atoms with Crippen LogP contribution < -0.4 is 0 Å². The summed E-state index contributed by atoms with van der Waals surface area (Å²) < 4.78 is 9.91. The molecule has 0 aromatic heterocycles. The number of hydrogen-bond donors (Lipinski definition) is 0. The van der Waals surface area contributed by atoms with Crippen LogP contribution in [-0.2, 0) is 14.3 Å². The van der Waals surface area contributed by atoms with Gasteiger partial charge in [-0.3, -0.25) is 9.69 Å². The van der Waals surface area contributed by atoms with E-state index < -0.39 is 0 Å². The summed E-state index contributed by atoms with van der Waals surface area (Å²) in [5.41, 5.74) is -0.0341. The molecule has 0 spiro atoms. The molecule has 0 saturated carbocycles. The molecule has 0 bridgehead atoms. The number of nitrogens with zero attached hydrogens (tertiary/aromatic N) is 1. The van der Waals surface area contributed by atoms with Gasteiger partial charge in [0.25, 0.3) is 0 Å². The van der Waals surface area contributed by atoms with Gasteiger partial charge >= 0.3 is 5.97 Å². The Kier molecular flexibility index (Phi) is 3.50. The van der Waals surface area contributed by atoms with E-state index in [1.54, 1.807) is 7.11 Å². The molecule has 1 fully saturated rings. The molecule has 0 N–H and O–H groups in total. The van der Waals surface area contributed by atoms with Crippen LogP contribution in [0.2, 0.25) is 0 Å². The van der Waals surface area contributed by atoms with Crippen LogP contribution in [-0.4, -0.2) is 50.8 Å². The first-order chi connectivity index (χ1) is 6.53. The molecule has 0 aromatic carbocycles. The number of methoxy groups -OCH3 is 2. The number of carbonyl (C=O) groups is 1. The van der Waals surface area contributed by atoms with Crippen LogP contribution in [0.4, 0.5) is 0 Å². The predicted octanol–water partition coefficient (Wildman–Crippen LogP) is 0.516. The Bertz CT molecular complexity index is 219. The van der Waals surface area contributed by atoms with Gasteiger partial charge in [-0.2, -0.15) is 0 Å². The van der Waals surface area contributed by atoms with Gasteiger partial charge in [0, 0.05) is 19.2 Å². The molecule has 1 unspecified atom stereocenters. The number of ether oxygens (including phenoxy) is 2. The highest BCUT2D eigenvalue weighted by molar-refractivity contribution is 5.73. The maximum atomic E-state index is 11.4. The smallest absolute Gasteiger partial charge is 0.310 e. The fourth-order valence-corrected chi connectivity index (χ4v) is 2.11. The van der Waals surface area contributed by atoms with Crippen molar-refractivity contribution in [2.45, 2.75) is 18.9 Å². The van der Waals surface area contributed by atoms with Crippen molar-refractivity contribution in [2.75, 3.05) is 34.4 Å². The zero-order chi connectivity index (χ0) is 10.8. The Morgan fingerprint density at radius 2 is 2.21 bits per heavy atom. The average Bonchev–Trinajstić information content (AvgIpc) is 2.43. The molecule has 1 saturated heterocycles. The van der Waals surface area contributed by atoms with Crippen LogP contribution in [0.5, 0.6) is 0 Å². The molecular formula is C10H19NO3. The average molecular weight is 201 g/mol. The standard InChI is InChI=1S/C10H19NO3/c1-10(7-13-3)5-8(6-11(10)2)9(12)14-4/h8H,5-7H2,1-4H3/t8?,10-/m0/s1. The van der Waals surface area contributed by atoms with Gasteiger partial charge in [-0.25, -0.2) is 0 Å². The molecule has 82 valence electrons. The molecule has 14 heavy (non-hydrogen) atoms. The number of hydrogen-bond acceptors (Lipinski definition) is 4. The highest BCUT2D eigenvalue weighted by Gasteiger charge is 2.43. The second kappa shape index (κ2) is 4.28. The maximum absolute atomic E-state index is 11.4. The van der Waals surface area contributed by atoms with Gasteiger partial charge in [-0.15, -0.1) is 0 Å². The van der Waals surface area contributed by atoms with Crippen molar-refractivity contribution in [1.29, 1.82) is 0 Å². The van der Waals surface area contributed by atoms with Crippen molar-refractivity contribution in [3.8, 4) is 0 Å². The highest BCUT2D eigenvalue weighted by Crippen LogP contribution is 2.32. The van der Waals surface area contributed by atoms with Gasteiger partial charge in [0.1, 0.15) is 0 Å². The topological polar surface area (TPSA) is 38.8 Å². The minimum Gasteiger partial charge on any atom is -0.469 e. The lowest BCUT2D eigenvalue weighted by molar-refractivity contribution is -0.145. The molecule has 1 rings (SSSR count). The molecule has 4 nitrogen and oxygen atoms in total. The maximum Gasteiger partial charge on any atom is 0.310 e. The molecule has 0 aromatic rings.